The Bertz CT molecular complexity index is 885. The van der Waals surface area contributed by atoms with Crippen LogP contribution in [0.1, 0.15) is 43.3 Å². The zero-order chi connectivity index (χ0) is 18.9. The van der Waals surface area contributed by atoms with Crippen molar-refractivity contribution in [3.05, 3.63) is 58.9 Å². The van der Waals surface area contributed by atoms with E-state index in [1.807, 2.05) is 6.07 Å². The monoisotopic (exact) mass is 363 g/mol. The number of H-pyrrole nitrogens is 1. The number of nitriles is 1. The summed E-state index contributed by atoms with van der Waals surface area (Å²) in [5, 5.41) is 9.80. The van der Waals surface area contributed by atoms with E-state index in [9.17, 15) is 5.26 Å². The minimum absolute atomic E-state index is 0.205. The van der Waals surface area contributed by atoms with Gasteiger partial charge in [0.1, 0.15) is 17.5 Å². The molecule has 0 radical (unpaired) electrons. The second kappa shape index (κ2) is 7.09. The third-order valence-corrected chi connectivity index (χ3v) is 5.69. The fourth-order valence-corrected chi connectivity index (χ4v) is 4.27. The van der Waals surface area contributed by atoms with E-state index < -0.39 is 5.41 Å². The van der Waals surface area contributed by atoms with Gasteiger partial charge in [-0.25, -0.2) is 0 Å². The maximum absolute atomic E-state index is 9.80. The van der Waals surface area contributed by atoms with Crippen molar-refractivity contribution in [1.29, 1.82) is 5.26 Å². The Morgan fingerprint density at radius 2 is 2.04 bits per heavy atom. The minimum atomic E-state index is -0.418. The molecule has 0 amide bonds. The van der Waals surface area contributed by atoms with Gasteiger partial charge in [0.15, 0.2) is 0 Å². The van der Waals surface area contributed by atoms with E-state index in [4.69, 9.17) is 10.5 Å². The van der Waals surface area contributed by atoms with Crippen molar-refractivity contribution in [2.75, 3.05) is 13.1 Å². The Labute approximate surface area is 159 Å². The molecular weight excluding hydrogens is 338 g/mol. The number of fused-ring (bicyclic) bond motifs is 2. The number of ether oxygens (including phenoxy) is 1. The average molecular weight is 363 g/mol. The van der Waals surface area contributed by atoms with Gasteiger partial charge < -0.3 is 15.5 Å². The number of aromatic nitrogens is 2. The number of piperidine rings is 1. The van der Waals surface area contributed by atoms with Crippen molar-refractivity contribution >= 4 is 0 Å². The van der Waals surface area contributed by atoms with Crippen LogP contribution in [-0.2, 0) is 18.4 Å². The van der Waals surface area contributed by atoms with Crippen LogP contribution in [-0.4, -0.2) is 28.0 Å². The molecule has 1 aromatic carbocycles. The lowest BCUT2D eigenvalue weighted by molar-refractivity contribution is 0.160. The zero-order valence-electron chi connectivity index (χ0n) is 15.7. The summed E-state index contributed by atoms with van der Waals surface area (Å²) >= 11 is 0. The van der Waals surface area contributed by atoms with Crippen molar-refractivity contribution in [2.45, 2.75) is 44.6 Å². The van der Waals surface area contributed by atoms with Crippen molar-refractivity contribution in [3.63, 3.8) is 0 Å². The summed E-state index contributed by atoms with van der Waals surface area (Å²) in [5.41, 5.74) is 8.48. The summed E-state index contributed by atoms with van der Waals surface area (Å²) < 4.78 is 5.69. The molecule has 6 nitrogen and oxygen atoms in total. The number of likely N-dealkylation sites (tertiary alicyclic amines) is 1. The lowest BCUT2D eigenvalue weighted by atomic mass is 9.69. The molecule has 2 aromatic rings. The van der Waals surface area contributed by atoms with Gasteiger partial charge in [0.25, 0.3) is 0 Å². The summed E-state index contributed by atoms with van der Waals surface area (Å²) in [7, 11) is 0. The molecule has 2 aliphatic heterocycles. The maximum Gasteiger partial charge on any atom is 0.243 e. The van der Waals surface area contributed by atoms with Gasteiger partial charge in [-0.2, -0.15) is 10.2 Å². The van der Waals surface area contributed by atoms with E-state index in [0.717, 1.165) is 56.8 Å². The van der Waals surface area contributed by atoms with Crippen LogP contribution in [0.4, 0.5) is 0 Å². The molecule has 140 valence electrons. The maximum atomic E-state index is 9.80. The number of aryl methyl sites for hydroxylation is 1. The second-order valence-electron chi connectivity index (χ2n) is 7.41. The number of nitrogens with two attached hydrogens (primary N) is 1. The quantitative estimate of drug-likeness (QED) is 0.871. The first-order valence-electron chi connectivity index (χ1n) is 9.60. The molecular formula is C21H25N5O. The fraction of sp³-hybridized carbons (Fsp3) is 0.429. The van der Waals surface area contributed by atoms with Gasteiger partial charge in [0.05, 0.1) is 11.1 Å². The number of rotatable bonds is 4. The van der Waals surface area contributed by atoms with E-state index in [1.54, 1.807) is 0 Å². The highest BCUT2D eigenvalue weighted by atomic mass is 16.5. The van der Waals surface area contributed by atoms with Crippen molar-refractivity contribution in [1.82, 2.24) is 14.9 Å². The first-order valence-corrected chi connectivity index (χ1v) is 9.60. The molecule has 3 heterocycles. The standard InChI is InChI=1S/C21H25N5O/c1-2-6-17-24-18-20(25-17)27-19(23)16(13-22)21(18)9-11-26(12-10-21)14-15-7-4-3-5-8-15/h3-5,7-8H,2,6,9-12,14,23H2,1H3,(H,24,25). The molecule has 3 N–H and O–H groups in total. The van der Waals surface area contributed by atoms with Gasteiger partial charge in [0.2, 0.25) is 11.8 Å². The highest BCUT2D eigenvalue weighted by molar-refractivity contribution is 5.50. The molecule has 1 spiro atoms. The molecule has 6 heteroatoms. The molecule has 1 saturated heterocycles. The van der Waals surface area contributed by atoms with Crippen LogP contribution >= 0.6 is 0 Å². The van der Waals surface area contributed by atoms with Crippen molar-refractivity contribution in [2.24, 2.45) is 5.73 Å². The largest absolute Gasteiger partial charge is 0.420 e. The number of benzene rings is 1. The van der Waals surface area contributed by atoms with Gasteiger partial charge in [-0.05, 0) is 37.9 Å². The Hall–Kier alpha value is -2.78. The highest BCUT2D eigenvalue weighted by Gasteiger charge is 2.48. The number of allylic oxidation sites excluding steroid dienone is 1. The molecule has 1 fully saturated rings. The molecule has 0 bridgehead atoms. The first-order chi connectivity index (χ1) is 13.2. The summed E-state index contributed by atoms with van der Waals surface area (Å²) in [6.45, 7) is 4.84. The van der Waals surface area contributed by atoms with E-state index in [0.29, 0.717) is 11.5 Å². The van der Waals surface area contributed by atoms with Crippen LogP contribution in [0.3, 0.4) is 0 Å². The lowest BCUT2D eigenvalue weighted by Gasteiger charge is -2.42. The second-order valence-corrected chi connectivity index (χ2v) is 7.41. The summed E-state index contributed by atoms with van der Waals surface area (Å²) in [4.78, 5) is 10.5. The van der Waals surface area contributed by atoms with Crippen LogP contribution in [0.2, 0.25) is 0 Å². The van der Waals surface area contributed by atoms with Crippen LogP contribution in [0.5, 0.6) is 5.88 Å². The normalized spacial score (nSPS) is 18.8. The minimum Gasteiger partial charge on any atom is -0.420 e. The molecule has 0 saturated carbocycles. The van der Waals surface area contributed by atoms with Crippen LogP contribution in [0.15, 0.2) is 41.8 Å². The van der Waals surface area contributed by atoms with E-state index in [-0.39, 0.29) is 5.88 Å². The van der Waals surface area contributed by atoms with Crippen LogP contribution in [0.25, 0.3) is 0 Å². The molecule has 0 atom stereocenters. The average Bonchev–Trinajstić information content (AvgIpc) is 3.08. The topological polar surface area (TPSA) is 91.0 Å². The van der Waals surface area contributed by atoms with Gasteiger partial charge >= 0.3 is 0 Å². The third kappa shape index (κ3) is 3.08. The van der Waals surface area contributed by atoms with E-state index in [2.05, 4.69) is 52.1 Å². The Balaban J connectivity index is 1.61. The predicted molar refractivity (Wildman–Crippen MR) is 103 cm³/mol. The molecule has 2 aliphatic rings. The summed E-state index contributed by atoms with van der Waals surface area (Å²) in [5.74, 6) is 1.66. The van der Waals surface area contributed by atoms with Crippen molar-refractivity contribution in [3.8, 4) is 11.9 Å². The van der Waals surface area contributed by atoms with Gasteiger partial charge in [-0.3, -0.25) is 4.90 Å². The fourth-order valence-electron chi connectivity index (χ4n) is 4.27. The number of nitrogens with zero attached hydrogens (tertiary/aromatic N) is 3. The molecule has 1 aromatic heterocycles. The van der Waals surface area contributed by atoms with Crippen LogP contribution < -0.4 is 10.5 Å². The number of nitrogens with one attached hydrogen (secondary N) is 1. The first kappa shape index (κ1) is 17.6. The SMILES string of the molecule is CCCc1nc2c([nH]1)C1(CCN(Cc3ccccc3)CC1)C(C#N)=C(N)O2. The Morgan fingerprint density at radius 3 is 2.70 bits per heavy atom. The molecule has 0 aliphatic carbocycles. The molecule has 0 unspecified atom stereocenters. The number of hydrogen-bond donors (Lipinski definition) is 2. The predicted octanol–water partition coefficient (Wildman–Crippen LogP) is 2.98. The summed E-state index contributed by atoms with van der Waals surface area (Å²) in [6, 6.07) is 12.8. The Morgan fingerprint density at radius 1 is 1.30 bits per heavy atom. The van der Waals surface area contributed by atoms with Gasteiger partial charge in [-0.1, -0.05) is 37.3 Å². The van der Waals surface area contributed by atoms with Crippen LogP contribution in [0, 0.1) is 11.3 Å². The third-order valence-electron chi connectivity index (χ3n) is 5.69. The van der Waals surface area contributed by atoms with Gasteiger partial charge in [-0.15, -0.1) is 0 Å². The van der Waals surface area contributed by atoms with Gasteiger partial charge in [0, 0.05) is 13.0 Å². The number of aromatic amines is 1. The Kier molecular flexibility index (Phi) is 4.63. The molecule has 27 heavy (non-hydrogen) atoms. The zero-order valence-corrected chi connectivity index (χ0v) is 15.7. The van der Waals surface area contributed by atoms with E-state index >= 15 is 0 Å². The number of hydrogen-bond acceptors (Lipinski definition) is 5. The molecule has 4 rings (SSSR count). The number of imidazole rings is 1. The van der Waals surface area contributed by atoms with E-state index in [1.165, 1.54) is 5.56 Å². The highest BCUT2D eigenvalue weighted by Crippen LogP contribution is 2.48. The summed E-state index contributed by atoms with van der Waals surface area (Å²) in [6.07, 6.45) is 3.51. The smallest absolute Gasteiger partial charge is 0.243 e. The van der Waals surface area contributed by atoms with Crippen molar-refractivity contribution < 1.29 is 4.74 Å². The lowest BCUT2D eigenvalue weighted by Crippen LogP contribution is -2.46.